The van der Waals surface area contributed by atoms with E-state index in [2.05, 4.69) is 15.1 Å². The monoisotopic (exact) mass is 345 g/mol. The highest BCUT2D eigenvalue weighted by Gasteiger charge is 2.12. The molecule has 0 bridgehead atoms. The summed E-state index contributed by atoms with van der Waals surface area (Å²) >= 11 is 0. The molecule has 2 aromatic rings. The van der Waals surface area contributed by atoms with Gasteiger partial charge >= 0.3 is 5.97 Å². The Hall–Kier alpha value is -3.49. The highest BCUT2D eigenvalue weighted by Crippen LogP contribution is 2.17. The van der Waals surface area contributed by atoms with Crippen LogP contribution in [0.1, 0.15) is 18.2 Å². The van der Waals surface area contributed by atoms with Gasteiger partial charge in [0.05, 0.1) is 12.1 Å². The van der Waals surface area contributed by atoms with Gasteiger partial charge in [-0.2, -0.15) is 0 Å². The van der Waals surface area contributed by atoms with Crippen LogP contribution >= 0.6 is 0 Å². The van der Waals surface area contributed by atoms with Crippen molar-refractivity contribution in [3.8, 4) is 5.75 Å². The summed E-state index contributed by atoms with van der Waals surface area (Å²) in [6.07, 6.45) is 1.31. The van der Waals surface area contributed by atoms with Crippen molar-refractivity contribution in [1.29, 1.82) is 0 Å². The summed E-state index contributed by atoms with van der Waals surface area (Å²) in [7, 11) is 0. The molecule has 0 radical (unpaired) electrons. The molecule has 9 heteroatoms. The first kappa shape index (κ1) is 17.9. The Morgan fingerprint density at radius 3 is 2.60 bits per heavy atom. The van der Waals surface area contributed by atoms with E-state index in [0.717, 1.165) is 0 Å². The number of benzene rings is 1. The van der Waals surface area contributed by atoms with E-state index in [1.54, 1.807) is 36.4 Å². The number of aromatic nitrogens is 1. The fourth-order valence-corrected chi connectivity index (χ4v) is 2.00. The fourth-order valence-electron chi connectivity index (χ4n) is 2.00. The Morgan fingerprint density at radius 1 is 1.24 bits per heavy atom. The average Bonchev–Trinajstić information content (AvgIpc) is 2.55. The van der Waals surface area contributed by atoms with Gasteiger partial charge in [-0.1, -0.05) is 6.07 Å². The second-order valence-electron chi connectivity index (χ2n) is 4.96. The number of nitrogens with zero attached hydrogens (tertiary/aromatic N) is 2. The van der Waals surface area contributed by atoms with Crippen LogP contribution in [0, 0.1) is 10.1 Å². The number of rotatable bonds is 7. The van der Waals surface area contributed by atoms with Crippen molar-refractivity contribution in [1.82, 2.24) is 4.98 Å². The summed E-state index contributed by atoms with van der Waals surface area (Å²) in [6.45, 7) is 1.09. The van der Waals surface area contributed by atoms with Crippen LogP contribution in [0.5, 0.6) is 5.75 Å². The Labute approximate surface area is 142 Å². The van der Waals surface area contributed by atoms with Gasteiger partial charge in [-0.15, -0.1) is 10.1 Å². The zero-order valence-corrected chi connectivity index (χ0v) is 13.3. The van der Waals surface area contributed by atoms with Crippen LogP contribution in [0.3, 0.4) is 0 Å². The van der Waals surface area contributed by atoms with Gasteiger partial charge in [-0.3, -0.25) is 14.6 Å². The van der Waals surface area contributed by atoms with Gasteiger partial charge in [-0.25, -0.2) is 0 Å². The number of hydrogen-bond acceptors (Lipinski definition) is 7. The summed E-state index contributed by atoms with van der Waals surface area (Å²) in [5.41, 5.74) is 1.35. The van der Waals surface area contributed by atoms with Crippen LogP contribution in [-0.4, -0.2) is 21.9 Å². The minimum absolute atomic E-state index is 0.162. The topological polar surface area (TPSA) is 121 Å². The number of esters is 1. The molecule has 0 saturated carbocycles. The van der Waals surface area contributed by atoms with Crippen LogP contribution in [0.15, 0.2) is 42.6 Å². The molecule has 0 aliphatic carbocycles. The number of nitrogens with one attached hydrogen (secondary N) is 1. The summed E-state index contributed by atoms with van der Waals surface area (Å²) in [6, 6.07) is 9.45. The van der Waals surface area contributed by atoms with Crippen molar-refractivity contribution in [2.24, 2.45) is 0 Å². The minimum atomic E-state index is -0.911. The number of carbonyl (C=O) groups excluding carboxylic acids is 2. The zero-order valence-electron chi connectivity index (χ0n) is 13.3. The van der Waals surface area contributed by atoms with Gasteiger partial charge in [0.2, 0.25) is 5.91 Å². The maximum atomic E-state index is 12.0. The number of pyridine rings is 1. The van der Waals surface area contributed by atoms with Gasteiger partial charge in [0.15, 0.2) is 0 Å². The second-order valence-corrected chi connectivity index (χ2v) is 4.96. The van der Waals surface area contributed by atoms with E-state index in [1.165, 1.54) is 13.1 Å². The van der Waals surface area contributed by atoms with Gasteiger partial charge in [0.1, 0.15) is 12.4 Å². The molecule has 9 nitrogen and oxygen atoms in total. The first-order valence-electron chi connectivity index (χ1n) is 7.22. The third-order valence-corrected chi connectivity index (χ3v) is 3.03. The molecule has 0 aliphatic rings. The molecule has 0 atom stereocenters. The van der Waals surface area contributed by atoms with E-state index in [1.807, 2.05) is 0 Å². The van der Waals surface area contributed by atoms with Crippen molar-refractivity contribution in [3.63, 3.8) is 0 Å². The number of amides is 1. The zero-order chi connectivity index (χ0) is 18.2. The summed E-state index contributed by atoms with van der Waals surface area (Å²) in [5.74, 6) is -0.476. The third kappa shape index (κ3) is 5.90. The highest BCUT2D eigenvalue weighted by atomic mass is 16.9. The minimum Gasteiger partial charge on any atom is -0.426 e. The molecular formula is C16H15N3O6. The molecule has 0 spiro atoms. The largest absolute Gasteiger partial charge is 0.426 e. The molecule has 0 saturated heterocycles. The van der Waals surface area contributed by atoms with E-state index < -0.39 is 11.1 Å². The molecule has 1 aromatic carbocycles. The molecule has 130 valence electrons. The van der Waals surface area contributed by atoms with Crippen LogP contribution < -0.4 is 10.1 Å². The predicted octanol–water partition coefficient (Wildman–Crippen LogP) is 1.90. The lowest BCUT2D eigenvalue weighted by Crippen LogP contribution is -2.14. The molecule has 0 aliphatic heterocycles. The van der Waals surface area contributed by atoms with E-state index in [4.69, 9.17) is 4.74 Å². The van der Waals surface area contributed by atoms with Crippen molar-refractivity contribution < 1.29 is 24.3 Å². The number of carbonyl (C=O) groups is 2. The maximum absolute atomic E-state index is 12.0. The SMILES string of the molecule is CC(=O)Nc1ccc(OC(=O)Cc2ncccc2CO[N+](=O)[O-])cc1. The molecular weight excluding hydrogens is 330 g/mol. The lowest BCUT2D eigenvalue weighted by molar-refractivity contribution is -0.763. The lowest BCUT2D eigenvalue weighted by atomic mass is 10.1. The van der Waals surface area contributed by atoms with Gasteiger partial charge in [0, 0.05) is 18.8 Å². The molecule has 25 heavy (non-hydrogen) atoms. The first-order chi connectivity index (χ1) is 11.9. The number of ether oxygens (including phenoxy) is 1. The molecule has 0 fully saturated rings. The number of anilines is 1. The Morgan fingerprint density at radius 2 is 1.96 bits per heavy atom. The van der Waals surface area contributed by atoms with Crippen LogP contribution in [0.25, 0.3) is 0 Å². The van der Waals surface area contributed by atoms with Crippen LogP contribution in [0.4, 0.5) is 5.69 Å². The number of hydrogen-bond donors (Lipinski definition) is 1. The van der Waals surface area contributed by atoms with Crippen molar-refractivity contribution in [3.05, 3.63) is 64.0 Å². The molecule has 1 N–H and O–H groups in total. The summed E-state index contributed by atoms with van der Waals surface area (Å²) in [4.78, 5) is 41.6. The first-order valence-corrected chi connectivity index (χ1v) is 7.22. The van der Waals surface area contributed by atoms with E-state index in [0.29, 0.717) is 22.7 Å². The van der Waals surface area contributed by atoms with Gasteiger partial charge < -0.3 is 14.9 Å². The lowest BCUT2D eigenvalue weighted by Gasteiger charge is -2.08. The third-order valence-electron chi connectivity index (χ3n) is 3.03. The maximum Gasteiger partial charge on any atom is 0.317 e. The highest BCUT2D eigenvalue weighted by molar-refractivity contribution is 5.88. The smallest absolute Gasteiger partial charge is 0.317 e. The van der Waals surface area contributed by atoms with Gasteiger partial charge in [-0.05, 0) is 35.9 Å². The molecule has 2 rings (SSSR count). The summed E-state index contributed by atoms with van der Waals surface area (Å²) < 4.78 is 5.19. The Kier molecular flexibility index (Phi) is 5.99. The van der Waals surface area contributed by atoms with Crippen LogP contribution in [-0.2, 0) is 27.5 Å². The standard InChI is InChI=1S/C16H15N3O6/c1-11(20)18-13-4-6-14(7-5-13)25-16(21)9-15-12(3-2-8-17-15)10-24-19(22)23/h2-8H,9-10H2,1H3,(H,18,20). The molecule has 1 aromatic heterocycles. The average molecular weight is 345 g/mol. The van der Waals surface area contributed by atoms with E-state index >= 15 is 0 Å². The van der Waals surface area contributed by atoms with Crippen LogP contribution in [0.2, 0.25) is 0 Å². The van der Waals surface area contributed by atoms with Crippen molar-refractivity contribution in [2.75, 3.05) is 5.32 Å². The normalized spacial score (nSPS) is 9.96. The van der Waals surface area contributed by atoms with E-state index in [9.17, 15) is 19.7 Å². The second kappa shape index (κ2) is 8.39. The quantitative estimate of drug-likeness (QED) is 0.352. The van der Waals surface area contributed by atoms with Crippen molar-refractivity contribution in [2.45, 2.75) is 20.0 Å². The predicted molar refractivity (Wildman–Crippen MR) is 86.1 cm³/mol. The molecule has 1 amide bonds. The van der Waals surface area contributed by atoms with Crippen molar-refractivity contribution >= 4 is 17.6 Å². The van der Waals surface area contributed by atoms with E-state index in [-0.39, 0.29) is 18.9 Å². The van der Waals surface area contributed by atoms with Gasteiger partial charge in [0.25, 0.3) is 5.09 Å². The molecule has 1 heterocycles. The molecule has 0 unspecified atom stereocenters. The summed E-state index contributed by atoms with van der Waals surface area (Å²) in [5, 5.41) is 12.0. The Bertz CT molecular complexity index is 776. The Balaban J connectivity index is 1.98. The fraction of sp³-hybridized carbons (Fsp3) is 0.188.